The third-order valence-electron chi connectivity index (χ3n) is 5.33. The standard InChI is InChI=1S/C21H33F3N6O.HI/c1-4-25-20(28-18-7-8-29(13-18)14-21(22,23)24)27-10-17-5-6-19(26-9-17)30-11-15(2)31-16(3)12-30;/h5-6,9,15-16,18H,4,7-8,10-14H2,1-3H3,(H2,25,27,28);1H. The van der Waals surface area contributed by atoms with Crippen molar-refractivity contribution in [1.29, 1.82) is 0 Å². The number of anilines is 1. The van der Waals surface area contributed by atoms with Crippen LogP contribution in [0.4, 0.5) is 19.0 Å². The van der Waals surface area contributed by atoms with E-state index in [4.69, 9.17) is 4.74 Å². The van der Waals surface area contributed by atoms with E-state index >= 15 is 0 Å². The van der Waals surface area contributed by atoms with Gasteiger partial charge in [-0.1, -0.05) is 6.07 Å². The number of hydrogen-bond acceptors (Lipinski definition) is 5. The first-order valence-corrected chi connectivity index (χ1v) is 10.9. The van der Waals surface area contributed by atoms with E-state index in [0.29, 0.717) is 38.6 Å². The summed E-state index contributed by atoms with van der Waals surface area (Å²) in [5.41, 5.74) is 0.973. The zero-order chi connectivity index (χ0) is 22.4. The minimum atomic E-state index is -4.16. The van der Waals surface area contributed by atoms with Gasteiger partial charge in [0, 0.05) is 45.0 Å². The number of pyridine rings is 1. The van der Waals surface area contributed by atoms with Crippen molar-refractivity contribution in [3.63, 3.8) is 0 Å². The van der Waals surface area contributed by atoms with Crippen LogP contribution in [0, 0.1) is 0 Å². The number of halogens is 4. The van der Waals surface area contributed by atoms with Crippen LogP contribution in [0.15, 0.2) is 23.3 Å². The van der Waals surface area contributed by atoms with Gasteiger partial charge < -0.3 is 20.3 Å². The van der Waals surface area contributed by atoms with Crippen molar-refractivity contribution in [2.45, 2.75) is 58.2 Å². The number of rotatable bonds is 6. The molecule has 3 atom stereocenters. The zero-order valence-electron chi connectivity index (χ0n) is 18.9. The number of nitrogens with zero attached hydrogens (tertiary/aromatic N) is 4. The van der Waals surface area contributed by atoms with Gasteiger partial charge in [0.2, 0.25) is 0 Å². The second kappa shape index (κ2) is 12.2. The van der Waals surface area contributed by atoms with E-state index in [2.05, 4.69) is 39.4 Å². The molecule has 0 aromatic carbocycles. The van der Waals surface area contributed by atoms with Gasteiger partial charge in [-0.15, -0.1) is 24.0 Å². The average Bonchev–Trinajstić information content (AvgIpc) is 3.11. The molecule has 0 amide bonds. The summed E-state index contributed by atoms with van der Waals surface area (Å²) in [6.07, 6.45) is -1.33. The Morgan fingerprint density at radius 2 is 1.94 bits per heavy atom. The predicted molar refractivity (Wildman–Crippen MR) is 131 cm³/mol. The summed E-state index contributed by atoms with van der Waals surface area (Å²) in [6, 6.07) is 3.97. The van der Waals surface area contributed by atoms with Crippen LogP contribution < -0.4 is 15.5 Å². The molecule has 0 radical (unpaired) electrons. The Hall–Kier alpha value is -1.34. The fraction of sp³-hybridized carbons (Fsp3) is 0.714. The Morgan fingerprint density at radius 1 is 1.22 bits per heavy atom. The molecule has 11 heteroatoms. The Balaban J connectivity index is 0.00000363. The van der Waals surface area contributed by atoms with Crippen LogP contribution in [-0.2, 0) is 11.3 Å². The summed E-state index contributed by atoms with van der Waals surface area (Å²) in [7, 11) is 0. The molecule has 182 valence electrons. The van der Waals surface area contributed by atoms with Crippen molar-refractivity contribution in [3.05, 3.63) is 23.9 Å². The molecular formula is C21H34F3IN6O. The fourth-order valence-corrected chi connectivity index (χ4v) is 4.09. The highest BCUT2D eigenvalue weighted by molar-refractivity contribution is 14.0. The van der Waals surface area contributed by atoms with Crippen LogP contribution >= 0.6 is 24.0 Å². The quantitative estimate of drug-likeness (QED) is 0.312. The topological polar surface area (TPSA) is 65.0 Å². The lowest BCUT2D eigenvalue weighted by Gasteiger charge is -2.36. The lowest BCUT2D eigenvalue weighted by molar-refractivity contribution is -0.143. The second-order valence-corrected chi connectivity index (χ2v) is 8.36. The zero-order valence-corrected chi connectivity index (χ0v) is 21.2. The van der Waals surface area contributed by atoms with Gasteiger partial charge in [0.05, 0.1) is 25.3 Å². The minimum Gasteiger partial charge on any atom is -0.372 e. The van der Waals surface area contributed by atoms with Crippen LogP contribution in [0.3, 0.4) is 0 Å². The van der Waals surface area contributed by atoms with Gasteiger partial charge in [-0.3, -0.25) is 4.90 Å². The molecule has 0 aliphatic carbocycles. The third kappa shape index (κ3) is 8.54. The van der Waals surface area contributed by atoms with Crippen molar-refractivity contribution in [2.24, 2.45) is 4.99 Å². The van der Waals surface area contributed by atoms with E-state index in [1.165, 1.54) is 4.90 Å². The maximum absolute atomic E-state index is 12.6. The number of alkyl halides is 3. The van der Waals surface area contributed by atoms with Crippen molar-refractivity contribution in [2.75, 3.05) is 44.2 Å². The van der Waals surface area contributed by atoms with Crippen LogP contribution in [0.1, 0.15) is 32.8 Å². The molecule has 3 unspecified atom stereocenters. The van der Waals surface area contributed by atoms with Crippen molar-refractivity contribution >= 4 is 35.8 Å². The van der Waals surface area contributed by atoms with Crippen molar-refractivity contribution in [3.8, 4) is 0 Å². The summed E-state index contributed by atoms with van der Waals surface area (Å²) in [5.74, 6) is 1.54. The summed E-state index contributed by atoms with van der Waals surface area (Å²) < 4.78 is 43.6. The Labute approximate surface area is 205 Å². The molecule has 2 saturated heterocycles. The van der Waals surface area contributed by atoms with Gasteiger partial charge in [-0.2, -0.15) is 13.2 Å². The molecule has 0 bridgehead atoms. The SMILES string of the molecule is CCNC(=NCc1ccc(N2CC(C)OC(C)C2)nc1)NC1CCN(CC(F)(F)F)C1.I. The first kappa shape index (κ1) is 26.9. The molecule has 32 heavy (non-hydrogen) atoms. The van der Waals surface area contributed by atoms with E-state index in [1.807, 2.05) is 25.3 Å². The normalized spacial score (nSPS) is 24.9. The van der Waals surface area contributed by atoms with Gasteiger partial charge in [0.25, 0.3) is 0 Å². The molecule has 3 rings (SSSR count). The second-order valence-electron chi connectivity index (χ2n) is 8.36. The van der Waals surface area contributed by atoms with Crippen molar-refractivity contribution in [1.82, 2.24) is 20.5 Å². The van der Waals surface area contributed by atoms with Gasteiger partial charge in [-0.05, 0) is 38.8 Å². The van der Waals surface area contributed by atoms with E-state index in [-0.39, 0.29) is 42.2 Å². The van der Waals surface area contributed by atoms with Crippen LogP contribution in [0.5, 0.6) is 0 Å². The van der Waals surface area contributed by atoms with E-state index in [0.717, 1.165) is 24.5 Å². The molecule has 2 fully saturated rings. The van der Waals surface area contributed by atoms with Gasteiger partial charge in [0.1, 0.15) is 5.82 Å². The highest BCUT2D eigenvalue weighted by Gasteiger charge is 2.34. The minimum absolute atomic E-state index is 0. The Kier molecular flexibility index (Phi) is 10.3. The van der Waals surface area contributed by atoms with Gasteiger partial charge in [0.15, 0.2) is 5.96 Å². The number of ether oxygens (including phenoxy) is 1. The molecular weight excluding hydrogens is 536 g/mol. The number of likely N-dealkylation sites (tertiary alicyclic amines) is 1. The molecule has 1 aromatic rings. The van der Waals surface area contributed by atoms with E-state index < -0.39 is 12.7 Å². The molecule has 2 aliphatic heterocycles. The summed E-state index contributed by atoms with van der Waals surface area (Å²) in [6.45, 7) is 8.76. The fourth-order valence-electron chi connectivity index (χ4n) is 4.09. The predicted octanol–water partition coefficient (Wildman–Crippen LogP) is 3.00. The molecule has 2 N–H and O–H groups in total. The number of morpholine rings is 1. The number of guanidine groups is 1. The average molecular weight is 570 g/mol. The van der Waals surface area contributed by atoms with Crippen LogP contribution in [0.25, 0.3) is 0 Å². The third-order valence-corrected chi connectivity index (χ3v) is 5.33. The smallest absolute Gasteiger partial charge is 0.372 e. The van der Waals surface area contributed by atoms with E-state index in [9.17, 15) is 13.2 Å². The summed E-state index contributed by atoms with van der Waals surface area (Å²) in [5, 5.41) is 6.43. The van der Waals surface area contributed by atoms with Crippen LogP contribution in [0.2, 0.25) is 0 Å². The molecule has 1 aromatic heterocycles. The summed E-state index contributed by atoms with van der Waals surface area (Å²) in [4.78, 5) is 12.8. The first-order chi connectivity index (χ1) is 14.7. The van der Waals surface area contributed by atoms with Crippen molar-refractivity contribution < 1.29 is 17.9 Å². The number of aliphatic imine (C=N–C) groups is 1. The van der Waals surface area contributed by atoms with Gasteiger partial charge >= 0.3 is 6.18 Å². The molecule has 0 spiro atoms. The molecule has 3 heterocycles. The van der Waals surface area contributed by atoms with E-state index in [1.54, 1.807) is 0 Å². The summed E-state index contributed by atoms with van der Waals surface area (Å²) >= 11 is 0. The lowest BCUT2D eigenvalue weighted by atomic mass is 10.2. The highest BCUT2D eigenvalue weighted by Crippen LogP contribution is 2.20. The largest absolute Gasteiger partial charge is 0.401 e. The maximum atomic E-state index is 12.6. The van der Waals surface area contributed by atoms with Crippen LogP contribution in [-0.4, -0.2) is 79.5 Å². The number of nitrogens with one attached hydrogen (secondary N) is 2. The lowest BCUT2D eigenvalue weighted by Crippen LogP contribution is -2.45. The van der Waals surface area contributed by atoms with Gasteiger partial charge in [-0.25, -0.2) is 9.98 Å². The highest BCUT2D eigenvalue weighted by atomic mass is 127. The molecule has 7 nitrogen and oxygen atoms in total. The number of hydrogen-bond donors (Lipinski definition) is 2. The number of aromatic nitrogens is 1. The maximum Gasteiger partial charge on any atom is 0.401 e. The Bertz CT molecular complexity index is 723. The molecule has 0 saturated carbocycles. The first-order valence-electron chi connectivity index (χ1n) is 10.9. The monoisotopic (exact) mass is 570 g/mol. The molecule has 2 aliphatic rings. The Morgan fingerprint density at radius 3 is 2.53 bits per heavy atom.